The Labute approximate surface area is 222 Å². The van der Waals surface area contributed by atoms with Crippen molar-refractivity contribution >= 4 is 28.8 Å². The molecular formula is C30H33FN6O. The number of aryl methyl sites for hydroxylation is 1. The zero-order valence-corrected chi connectivity index (χ0v) is 22.1. The van der Waals surface area contributed by atoms with Crippen molar-refractivity contribution in [3.05, 3.63) is 83.6 Å². The first-order valence-corrected chi connectivity index (χ1v) is 13.2. The summed E-state index contributed by atoms with van der Waals surface area (Å²) >= 11 is 0. The number of hydrogen-bond donors (Lipinski definition) is 0. The number of rotatable bonds is 7. The van der Waals surface area contributed by atoms with Gasteiger partial charge in [0.05, 0.1) is 16.8 Å². The van der Waals surface area contributed by atoms with Crippen LogP contribution in [-0.2, 0) is 4.79 Å². The number of nitrogens with zero attached hydrogens (tertiary/aromatic N) is 6. The second kappa shape index (κ2) is 11.1. The second-order valence-electron chi connectivity index (χ2n) is 9.82. The maximum atomic E-state index is 13.6. The monoisotopic (exact) mass is 512 g/mol. The summed E-state index contributed by atoms with van der Waals surface area (Å²) in [4.78, 5) is 27.0. The molecule has 4 aromatic rings. The molecule has 1 aliphatic heterocycles. The van der Waals surface area contributed by atoms with Gasteiger partial charge in [0.2, 0.25) is 5.91 Å². The lowest BCUT2D eigenvalue weighted by Gasteiger charge is -2.35. The van der Waals surface area contributed by atoms with Crippen molar-refractivity contribution in [1.82, 2.24) is 24.6 Å². The van der Waals surface area contributed by atoms with E-state index in [-0.39, 0.29) is 17.6 Å². The molecule has 2 aromatic heterocycles. The normalized spacial score (nSPS) is 14.9. The summed E-state index contributed by atoms with van der Waals surface area (Å²) in [5.74, 6) is 1.54. The van der Waals surface area contributed by atoms with Crippen LogP contribution in [0.3, 0.4) is 0 Å². The fourth-order valence-corrected chi connectivity index (χ4v) is 4.93. The Morgan fingerprint density at radius 1 is 1.03 bits per heavy atom. The highest BCUT2D eigenvalue weighted by atomic mass is 19.1. The number of piperazine rings is 1. The van der Waals surface area contributed by atoms with Gasteiger partial charge in [0.1, 0.15) is 17.5 Å². The third-order valence-electron chi connectivity index (χ3n) is 7.04. The van der Waals surface area contributed by atoms with Gasteiger partial charge in [-0.25, -0.2) is 19.0 Å². The molecule has 3 heterocycles. The summed E-state index contributed by atoms with van der Waals surface area (Å²) in [5.41, 5.74) is 3.30. The molecule has 0 aliphatic carbocycles. The average molecular weight is 513 g/mol. The summed E-state index contributed by atoms with van der Waals surface area (Å²) in [7, 11) is 0. The Morgan fingerprint density at radius 2 is 1.74 bits per heavy atom. The largest absolute Gasteiger partial charge is 0.352 e. The van der Waals surface area contributed by atoms with Gasteiger partial charge in [0, 0.05) is 38.2 Å². The SMILES string of the molecule is CCCC(C)c1nc(N2CCN(C(=O)/C=C/c3ccccc3)CC2)c2c(C)nn(-c3ccc(F)cc3)c2n1. The minimum atomic E-state index is -0.291. The minimum absolute atomic E-state index is 0.0129. The third-order valence-corrected chi connectivity index (χ3v) is 7.04. The molecule has 8 heteroatoms. The predicted octanol–water partition coefficient (Wildman–Crippen LogP) is 5.53. The highest BCUT2D eigenvalue weighted by molar-refractivity contribution is 5.93. The number of halogens is 1. The van der Waals surface area contributed by atoms with Crippen LogP contribution in [-0.4, -0.2) is 56.7 Å². The smallest absolute Gasteiger partial charge is 0.246 e. The fraction of sp³-hybridized carbons (Fsp3) is 0.333. The number of carbonyl (C=O) groups is 1. The van der Waals surface area contributed by atoms with E-state index in [1.54, 1.807) is 22.9 Å². The Balaban J connectivity index is 1.44. The van der Waals surface area contributed by atoms with Crippen LogP contribution in [0.25, 0.3) is 22.8 Å². The second-order valence-corrected chi connectivity index (χ2v) is 9.82. The van der Waals surface area contributed by atoms with E-state index in [0.29, 0.717) is 26.2 Å². The number of benzene rings is 2. The third kappa shape index (κ3) is 5.30. The maximum Gasteiger partial charge on any atom is 0.246 e. The predicted molar refractivity (Wildman–Crippen MR) is 149 cm³/mol. The Hall–Kier alpha value is -4.07. The zero-order chi connectivity index (χ0) is 26.6. The van der Waals surface area contributed by atoms with Gasteiger partial charge in [0.15, 0.2) is 5.65 Å². The van der Waals surface area contributed by atoms with Crippen LogP contribution in [0.1, 0.15) is 49.7 Å². The van der Waals surface area contributed by atoms with Crippen LogP contribution in [0, 0.1) is 12.7 Å². The lowest BCUT2D eigenvalue weighted by Crippen LogP contribution is -2.48. The first kappa shape index (κ1) is 25.6. The van der Waals surface area contributed by atoms with Gasteiger partial charge in [0.25, 0.3) is 0 Å². The van der Waals surface area contributed by atoms with Crippen LogP contribution in [0.2, 0.25) is 0 Å². The number of carbonyl (C=O) groups excluding carboxylic acids is 1. The van der Waals surface area contributed by atoms with E-state index in [2.05, 4.69) is 18.7 Å². The summed E-state index contributed by atoms with van der Waals surface area (Å²) in [6.45, 7) is 8.81. The maximum absolute atomic E-state index is 13.6. The van der Waals surface area contributed by atoms with Crippen molar-refractivity contribution in [1.29, 1.82) is 0 Å². The van der Waals surface area contributed by atoms with Crippen molar-refractivity contribution in [2.45, 2.75) is 39.5 Å². The van der Waals surface area contributed by atoms with E-state index in [0.717, 1.165) is 52.5 Å². The molecule has 0 spiro atoms. The van der Waals surface area contributed by atoms with Crippen molar-refractivity contribution in [2.75, 3.05) is 31.1 Å². The summed E-state index contributed by atoms with van der Waals surface area (Å²) in [6.07, 6.45) is 5.52. The molecule has 0 bridgehead atoms. The van der Waals surface area contributed by atoms with Crippen molar-refractivity contribution in [3.63, 3.8) is 0 Å². The number of hydrogen-bond acceptors (Lipinski definition) is 5. The van der Waals surface area contributed by atoms with Crippen LogP contribution in [0.4, 0.5) is 10.2 Å². The summed E-state index contributed by atoms with van der Waals surface area (Å²) in [6, 6.07) is 16.1. The van der Waals surface area contributed by atoms with Gasteiger partial charge in [-0.1, -0.05) is 50.6 Å². The molecule has 1 atom stereocenters. The lowest BCUT2D eigenvalue weighted by atomic mass is 10.1. The number of aromatic nitrogens is 4. The molecule has 1 fully saturated rings. The Morgan fingerprint density at radius 3 is 2.42 bits per heavy atom. The first-order chi connectivity index (χ1) is 18.4. The lowest BCUT2D eigenvalue weighted by molar-refractivity contribution is -0.126. The van der Waals surface area contributed by atoms with Gasteiger partial charge in [-0.15, -0.1) is 0 Å². The molecule has 7 nitrogen and oxygen atoms in total. The molecule has 0 radical (unpaired) electrons. The van der Waals surface area contributed by atoms with Crippen molar-refractivity contribution < 1.29 is 9.18 Å². The standard InChI is InChI=1S/C30H33FN6O/c1-4-8-21(2)28-32-29(27-22(3)34-37(30(27)33-28)25-14-12-24(31)13-15-25)36-19-17-35(18-20-36)26(38)16-11-23-9-6-5-7-10-23/h5-7,9-16,21H,4,8,17-20H2,1-3H3/b16-11+. The number of anilines is 1. The van der Waals surface area contributed by atoms with E-state index >= 15 is 0 Å². The molecule has 1 unspecified atom stereocenters. The van der Waals surface area contributed by atoms with Gasteiger partial charge >= 0.3 is 0 Å². The highest BCUT2D eigenvalue weighted by Gasteiger charge is 2.26. The molecule has 196 valence electrons. The molecule has 38 heavy (non-hydrogen) atoms. The Bertz CT molecular complexity index is 1440. The Kier molecular flexibility index (Phi) is 7.49. The molecular weight excluding hydrogens is 479 g/mol. The molecule has 1 amide bonds. The zero-order valence-electron chi connectivity index (χ0n) is 22.1. The molecule has 1 saturated heterocycles. The van der Waals surface area contributed by atoms with E-state index in [1.165, 1.54) is 12.1 Å². The fourth-order valence-electron chi connectivity index (χ4n) is 4.93. The molecule has 5 rings (SSSR count). The van der Waals surface area contributed by atoms with Gasteiger partial charge in [-0.2, -0.15) is 5.10 Å². The molecule has 1 aliphatic rings. The summed E-state index contributed by atoms with van der Waals surface area (Å²) in [5, 5.41) is 5.67. The number of amides is 1. The van der Waals surface area contributed by atoms with Gasteiger partial charge in [-0.05, 0) is 49.2 Å². The van der Waals surface area contributed by atoms with E-state index < -0.39 is 0 Å². The quantitative estimate of drug-likeness (QED) is 0.305. The van der Waals surface area contributed by atoms with E-state index in [9.17, 15) is 9.18 Å². The highest BCUT2D eigenvalue weighted by Crippen LogP contribution is 2.32. The van der Waals surface area contributed by atoms with Gasteiger partial charge in [-0.3, -0.25) is 4.79 Å². The average Bonchev–Trinajstić information content (AvgIpc) is 3.28. The topological polar surface area (TPSA) is 67.2 Å². The van der Waals surface area contributed by atoms with Crippen molar-refractivity contribution in [2.24, 2.45) is 0 Å². The van der Waals surface area contributed by atoms with E-state index in [1.807, 2.05) is 48.2 Å². The van der Waals surface area contributed by atoms with Crippen LogP contribution in [0.5, 0.6) is 0 Å². The van der Waals surface area contributed by atoms with Crippen LogP contribution < -0.4 is 4.90 Å². The number of fused-ring (bicyclic) bond motifs is 1. The van der Waals surface area contributed by atoms with Crippen molar-refractivity contribution in [3.8, 4) is 5.69 Å². The van der Waals surface area contributed by atoms with Crippen LogP contribution >= 0.6 is 0 Å². The molecule has 0 N–H and O–H groups in total. The first-order valence-electron chi connectivity index (χ1n) is 13.2. The van der Waals surface area contributed by atoms with Gasteiger partial charge < -0.3 is 9.80 Å². The molecule has 2 aromatic carbocycles. The summed E-state index contributed by atoms with van der Waals surface area (Å²) < 4.78 is 15.4. The van der Waals surface area contributed by atoms with Crippen LogP contribution in [0.15, 0.2) is 60.7 Å². The molecule has 0 saturated carbocycles. The minimum Gasteiger partial charge on any atom is -0.352 e. The van der Waals surface area contributed by atoms with E-state index in [4.69, 9.17) is 15.1 Å².